The number of alkyl halides is 3. The monoisotopic (exact) mass is 301 g/mol. The van der Waals surface area contributed by atoms with E-state index in [1.807, 2.05) is 6.92 Å². The van der Waals surface area contributed by atoms with Crippen molar-refractivity contribution in [3.8, 4) is 5.69 Å². The van der Waals surface area contributed by atoms with Gasteiger partial charge in [0.25, 0.3) is 0 Å². The van der Waals surface area contributed by atoms with Gasteiger partial charge in [-0.25, -0.2) is 9.07 Å². The van der Waals surface area contributed by atoms with Crippen LogP contribution in [-0.2, 0) is 12.7 Å². The van der Waals surface area contributed by atoms with Gasteiger partial charge in [-0.2, -0.15) is 18.3 Å². The normalized spacial score (nSPS) is 11.9. The summed E-state index contributed by atoms with van der Waals surface area (Å²) in [5, 5.41) is 6.52. The standard InChI is InChI=1S/C14H15F4N3/c1-2-7-19-9-10-4-3-5-11(15)13(10)21-8-6-12(20-21)14(16,17)18/h3-6,8,19H,2,7,9H2,1H3. The van der Waals surface area contributed by atoms with E-state index in [0.717, 1.165) is 29.9 Å². The maximum atomic E-state index is 14.0. The van der Waals surface area contributed by atoms with E-state index in [2.05, 4.69) is 10.4 Å². The van der Waals surface area contributed by atoms with Gasteiger partial charge in [0, 0.05) is 12.7 Å². The molecule has 21 heavy (non-hydrogen) atoms. The Bertz CT molecular complexity index is 605. The van der Waals surface area contributed by atoms with Crippen LogP contribution in [0.15, 0.2) is 30.5 Å². The van der Waals surface area contributed by atoms with Crippen LogP contribution in [0.4, 0.5) is 17.6 Å². The zero-order chi connectivity index (χ0) is 15.5. The summed E-state index contributed by atoms with van der Waals surface area (Å²) >= 11 is 0. The van der Waals surface area contributed by atoms with Gasteiger partial charge in [-0.3, -0.25) is 0 Å². The van der Waals surface area contributed by atoms with Gasteiger partial charge >= 0.3 is 6.18 Å². The molecule has 0 fully saturated rings. The van der Waals surface area contributed by atoms with E-state index in [1.165, 1.54) is 12.1 Å². The Morgan fingerprint density at radius 1 is 1.24 bits per heavy atom. The van der Waals surface area contributed by atoms with E-state index < -0.39 is 17.7 Å². The Morgan fingerprint density at radius 3 is 2.62 bits per heavy atom. The van der Waals surface area contributed by atoms with Crippen molar-refractivity contribution in [1.82, 2.24) is 15.1 Å². The fourth-order valence-electron chi connectivity index (χ4n) is 1.96. The molecule has 0 radical (unpaired) electrons. The van der Waals surface area contributed by atoms with Crippen LogP contribution in [0.3, 0.4) is 0 Å². The minimum absolute atomic E-state index is 0.0385. The van der Waals surface area contributed by atoms with Crippen LogP contribution in [0.1, 0.15) is 24.6 Å². The lowest BCUT2D eigenvalue weighted by Crippen LogP contribution is -2.16. The third-order valence-corrected chi connectivity index (χ3v) is 2.92. The molecule has 7 heteroatoms. The van der Waals surface area contributed by atoms with Crippen molar-refractivity contribution in [2.24, 2.45) is 0 Å². The van der Waals surface area contributed by atoms with Crippen LogP contribution >= 0.6 is 0 Å². The van der Waals surface area contributed by atoms with Crippen LogP contribution in [0, 0.1) is 5.82 Å². The average Bonchev–Trinajstić information content (AvgIpc) is 2.88. The molecule has 2 aromatic rings. The first-order valence-corrected chi connectivity index (χ1v) is 6.55. The van der Waals surface area contributed by atoms with Gasteiger partial charge in [-0.05, 0) is 30.7 Å². The van der Waals surface area contributed by atoms with Crippen LogP contribution < -0.4 is 5.32 Å². The first kappa shape index (κ1) is 15.5. The van der Waals surface area contributed by atoms with Crippen molar-refractivity contribution in [3.05, 3.63) is 47.5 Å². The molecule has 0 aliphatic carbocycles. The summed E-state index contributed by atoms with van der Waals surface area (Å²) in [5.74, 6) is -0.609. The maximum Gasteiger partial charge on any atom is 0.435 e. The number of aromatic nitrogens is 2. The summed E-state index contributed by atoms with van der Waals surface area (Å²) < 4.78 is 52.7. The van der Waals surface area contributed by atoms with Gasteiger partial charge in [0.15, 0.2) is 5.69 Å². The molecule has 1 aromatic carbocycles. The smallest absolute Gasteiger partial charge is 0.313 e. The van der Waals surface area contributed by atoms with Gasteiger partial charge < -0.3 is 5.32 Å². The summed E-state index contributed by atoms with van der Waals surface area (Å²) in [4.78, 5) is 0. The molecule has 2 rings (SSSR count). The Labute approximate surface area is 119 Å². The molecule has 0 unspecified atom stereocenters. The predicted octanol–water partition coefficient (Wildman–Crippen LogP) is 3.53. The quantitative estimate of drug-likeness (QED) is 0.676. The Hall–Kier alpha value is -1.89. The molecule has 0 aliphatic rings. The van der Waals surface area contributed by atoms with Gasteiger partial charge in [0.1, 0.15) is 11.5 Å². The lowest BCUT2D eigenvalue weighted by atomic mass is 10.1. The molecule has 0 saturated heterocycles. The van der Waals surface area contributed by atoms with Crippen LogP contribution in [-0.4, -0.2) is 16.3 Å². The average molecular weight is 301 g/mol. The molecule has 1 aromatic heterocycles. The fraction of sp³-hybridized carbons (Fsp3) is 0.357. The minimum atomic E-state index is -4.54. The number of rotatable bonds is 5. The maximum absolute atomic E-state index is 14.0. The lowest BCUT2D eigenvalue weighted by Gasteiger charge is -2.11. The Morgan fingerprint density at radius 2 is 2.00 bits per heavy atom. The fourth-order valence-corrected chi connectivity index (χ4v) is 1.96. The summed E-state index contributed by atoms with van der Waals surface area (Å²) in [7, 11) is 0. The Kier molecular flexibility index (Phi) is 4.62. The van der Waals surface area contributed by atoms with Crippen molar-refractivity contribution in [1.29, 1.82) is 0 Å². The SMILES string of the molecule is CCCNCc1cccc(F)c1-n1ccc(C(F)(F)F)n1. The second kappa shape index (κ2) is 6.26. The van der Waals surface area contributed by atoms with E-state index in [4.69, 9.17) is 0 Å². The number of hydrogen-bond donors (Lipinski definition) is 1. The molecule has 114 valence electrons. The van der Waals surface area contributed by atoms with Crippen molar-refractivity contribution in [2.75, 3.05) is 6.54 Å². The largest absolute Gasteiger partial charge is 0.435 e. The highest BCUT2D eigenvalue weighted by Crippen LogP contribution is 2.28. The zero-order valence-electron chi connectivity index (χ0n) is 11.4. The molecule has 0 saturated carbocycles. The molecular formula is C14H15F4N3. The predicted molar refractivity (Wildman–Crippen MR) is 70.5 cm³/mol. The zero-order valence-corrected chi connectivity index (χ0v) is 11.4. The molecular weight excluding hydrogens is 286 g/mol. The summed E-state index contributed by atoms with van der Waals surface area (Å²) in [6.07, 6.45) is -2.52. The molecule has 0 spiro atoms. The highest BCUT2D eigenvalue weighted by Gasteiger charge is 2.34. The molecule has 0 bridgehead atoms. The third-order valence-electron chi connectivity index (χ3n) is 2.92. The first-order chi connectivity index (χ1) is 9.93. The summed E-state index contributed by atoms with van der Waals surface area (Å²) in [6, 6.07) is 5.22. The van der Waals surface area contributed by atoms with E-state index in [-0.39, 0.29) is 5.69 Å². The summed E-state index contributed by atoms with van der Waals surface area (Å²) in [6.45, 7) is 3.09. The van der Waals surface area contributed by atoms with E-state index >= 15 is 0 Å². The number of halogens is 4. The number of nitrogens with one attached hydrogen (secondary N) is 1. The van der Waals surface area contributed by atoms with Crippen molar-refractivity contribution < 1.29 is 17.6 Å². The number of nitrogens with zero attached hydrogens (tertiary/aromatic N) is 2. The van der Waals surface area contributed by atoms with Gasteiger partial charge in [-0.1, -0.05) is 19.1 Å². The van der Waals surface area contributed by atoms with Crippen molar-refractivity contribution in [3.63, 3.8) is 0 Å². The van der Waals surface area contributed by atoms with Crippen LogP contribution in [0.5, 0.6) is 0 Å². The van der Waals surface area contributed by atoms with E-state index in [9.17, 15) is 17.6 Å². The topological polar surface area (TPSA) is 29.9 Å². The van der Waals surface area contributed by atoms with Gasteiger partial charge in [0.2, 0.25) is 0 Å². The Balaban J connectivity index is 2.36. The second-order valence-corrected chi connectivity index (χ2v) is 4.57. The molecule has 0 aliphatic heterocycles. The first-order valence-electron chi connectivity index (χ1n) is 6.55. The van der Waals surface area contributed by atoms with Gasteiger partial charge in [-0.15, -0.1) is 0 Å². The number of benzene rings is 1. The summed E-state index contributed by atoms with van der Waals surface area (Å²) in [5.41, 5.74) is -0.449. The highest BCUT2D eigenvalue weighted by molar-refractivity contribution is 5.42. The van der Waals surface area contributed by atoms with Crippen LogP contribution in [0.2, 0.25) is 0 Å². The number of para-hydroxylation sites is 1. The third kappa shape index (κ3) is 3.60. The van der Waals surface area contributed by atoms with Gasteiger partial charge in [0.05, 0.1) is 0 Å². The van der Waals surface area contributed by atoms with E-state index in [0.29, 0.717) is 12.1 Å². The van der Waals surface area contributed by atoms with Crippen LogP contribution in [0.25, 0.3) is 5.69 Å². The molecule has 3 nitrogen and oxygen atoms in total. The van der Waals surface area contributed by atoms with E-state index in [1.54, 1.807) is 6.07 Å². The minimum Gasteiger partial charge on any atom is -0.313 e. The number of hydrogen-bond acceptors (Lipinski definition) is 2. The lowest BCUT2D eigenvalue weighted by molar-refractivity contribution is -0.141. The molecule has 0 atom stereocenters. The highest BCUT2D eigenvalue weighted by atomic mass is 19.4. The molecule has 1 heterocycles. The second-order valence-electron chi connectivity index (χ2n) is 4.57. The molecule has 0 amide bonds. The molecule has 1 N–H and O–H groups in total. The van der Waals surface area contributed by atoms with Crippen molar-refractivity contribution in [2.45, 2.75) is 26.1 Å². The van der Waals surface area contributed by atoms with Crippen molar-refractivity contribution >= 4 is 0 Å².